The Morgan fingerprint density at radius 2 is 1.12 bits per heavy atom. The quantitative estimate of drug-likeness (QED) is 0.327. The highest BCUT2D eigenvalue weighted by atomic mass is 32.0. The largest absolute Gasteiger partial charge is 0.0986 e. The number of unbranched alkanes of at least 4 members (excludes halogenated alkanes) is 6. The fourth-order valence-electron chi connectivity index (χ4n) is 1.20. The molecule has 0 aromatic rings. The van der Waals surface area contributed by atoms with Gasteiger partial charge in [-0.15, -0.1) is 0 Å². The van der Waals surface area contributed by atoms with Crippen LogP contribution in [0, 0.1) is 23.2 Å². The van der Waals surface area contributed by atoms with E-state index in [1.807, 2.05) is 0 Å². The van der Waals surface area contributed by atoms with Crippen molar-refractivity contribution in [3.8, 4) is 23.2 Å². The summed E-state index contributed by atoms with van der Waals surface area (Å²) in [6.07, 6.45) is 9.89. The van der Waals surface area contributed by atoms with E-state index in [0.29, 0.717) is 0 Å². The Morgan fingerprint density at radius 3 is 1.50 bits per heavy atom. The molecule has 2 heteroatoms. The molecule has 2 atom stereocenters. The van der Waals surface area contributed by atoms with Crippen molar-refractivity contribution >= 4 is 16.5 Å². The molecule has 0 aromatic heterocycles. The molecule has 0 aliphatic carbocycles. The van der Waals surface area contributed by atoms with Crippen LogP contribution < -0.4 is 0 Å². The second-order valence-corrected chi connectivity index (χ2v) is 6.27. The molecule has 0 amide bonds. The molecular weight excluding hydrogens is 230 g/mol. The van der Waals surface area contributed by atoms with Gasteiger partial charge in [0, 0.05) is 12.8 Å². The summed E-state index contributed by atoms with van der Waals surface area (Å²) in [4.78, 5) is 0. The molecule has 0 heterocycles. The summed E-state index contributed by atoms with van der Waals surface area (Å²) in [7, 11) is 1.50. The van der Waals surface area contributed by atoms with Crippen molar-refractivity contribution in [3.05, 3.63) is 0 Å². The normalized spacial score (nSPS) is 10.4. The Bertz CT molecular complexity index is 221. The highest BCUT2D eigenvalue weighted by Gasteiger charge is 1.81. The topological polar surface area (TPSA) is 0 Å². The van der Waals surface area contributed by atoms with Gasteiger partial charge in [0.2, 0.25) is 0 Å². The first-order chi connectivity index (χ1) is 7.91. The third-order valence-corrected chi connectivity index (χ3v) is 4.03. The molecule has 0 fully saturated rings. The number of hydrogen-bond acceptors (Lipinski definition) is 0. The summed E-state index contributed by atoms with van der Waals surface area (Å²) >= 11 is 0. The van der Waals surface area contributed by atoms with Gasteiger partial charge in [-0.3, -0.25) is 0 Å². The van der Waals surface area contributed by atoms with Gasteiger partial charge >= 0.3 is 0 Å². The van der Waals surface area contributed by atoms with Gasteiger partial charge in [0.1, 0.15) is 0 Å². The zero-order valence-electron chi connectivity index (χ0n) is 10.7. The minimum atomic E-state index is 0.749. The Kier molecular flexibility index (Phi) is 15.0. The minimum Gasteiger partial charge on any atom is -0.0986 e. The molecule has 0 aliphatic heterocycles. The first-order valence-corrected chi connectivity index (χ1v) is 9.37. The molecule has 0 nitrogen and oxygen atoms in total. The van der Waals surface area contributed by atoms with Crippen molar-refractivity contribution in [2.24, 2.45) is 0 Å². The maximum atomic E-state index is 3.23. The van der Waals surface area contributed by atoms with Gasteiger partial charge in [-0.2, -0.15) is 0 Å². The monoisotopic (exact) mass is 254 g/mol. The lowest BCUT2D eigenvalue weighted by Gasteiger charge is -1.88. The van der Waals surface area contributed by atoms with Gasteiger partial charge < -0.3 is 0 Å². The summed E-state index contributed by atoms with van der Waals surface area (Å²) in [6, 6.07) is 0. The second-order valence-electron chi connectivity index (χ2n) is 3.77. The fourth-order valence-corrected chi connectivity index (χ4v) is 2.66. The summed E-state index contributed by atoms with van der Waals surface area (Å²) < 4.78 is 0. The average Bonchev–Trinajstić information content (AvgIpc) is 2.31. The first kappa shape index (κ1) is 16.0. The molecule has 0 bridgehead atoms. The molecule has 2 unspecified atom stereocenters. The SMILES string of the molecule is CCCCCC#CPPC#CCCCCC. The average molecular weight is 254 g/mol. The van der Waals surface area contributed by atoms with Crippen LogP contribution in [-0.4, -0.2) is 0 Å². The van der Waals surface area contributed by atoms with Gasteiger partial charge in [-0.25, -0.2) is 0 Å². The van der Waals surface area contributed by atoms with E-state index < -0.39 is 0 Å². The van der Waals surface area contributed by atoms with Gasteiger partial charge in [0.25, 0.3) is 0 Å². The Labute approximate surface area is 105 Å². The molecule has 0 spiro atoms. The lowest BCUT2D eigenvalue weighted by atomic mass is 10.2. The van der Waals surface area contributed by atoms with Gasteiger partial charge in [-0.05, 0) is 29.4 Å². The zero-order chi connectivity index (χ0) is 11.9. The van der Waals surface area contributed by atoms with Crippen molar-refractivity contribution in [2.45, 2.75) is 65.2 Å². The smallest absolute Gasteiger partial charge is 0.00921 e. The van der Waals surface area contributed by atoms with Gasteiger partial charge in [0.15, 0.2) is 0 Å². The molecule has 0 saturated carbocycles. The van der Waals surface area contributed by atoms with E-state index >= 15 is 0 Å². The standard InChI is InChI=1S/C14H24P2/c1-3-5-7-9-11-13-15-16-14-12-10-8-6-4-2/h15-16H,3-10H2,1-2H3. The van der Waals surface area contributed by atoms with Crippen LogP contribution in [0.4, 0.5) is 0 Å². The highest BCUT2D eigenvalue weighted by Crippen LogP contribution is 2.33. The molecule has 0 saturated heterocycles. The van der Waals surface area contributed by atoms with E-state index in [4.69, 9.17) is 0 Å². The molecule has 0 N–H and O–H groups in total. The lowest BCUT2D eigenvalue weighted by Crippen LogP contribution is -1.69. The predicted octanol–water partition coefficient (Wildman–Crippen LogP) is 5.34. The minimum absolute atomic E-state index is 0.749. The third kappa shape index (κ3) is 14.0. The number of hydrogen-bond donors (Lipinski definition) is 0. The second kappa shape index (κ2) is 15.0. The summed E-state index contributed by atoms with van der Waals surface area (Å²) in [6.45, 7) is 4.45. The molecule has 0 aromatic carbocycles. The molecule has 0 aliphatic rings. The van der Waals surface area contributed by atoms with Gasteiger partial charge in [0.05, 0.1) is 0 Å². The maximum Gasteiger partial charge on any atom is 0.00921 e. The fraction of sp³-hybridized carbons (Fsp3) is 0.714. The third-order valence-electron chi connectivity index (χ3n) is 2.17. The van der Waals surface area contributed by atoms with Crippen molar-refractivity contribution < 1.29 is 0 Å². The predicted molar refractivity (Wildman–Crippen MR) is 80.5 cm³/mol. The van der Waals surface area contributed by atoms with Crippen LogP contribution in [0.2, 0.25) is 0 Å². The van der Waals surface area contributed by atoms with Crippen LogP contribution in [0.5, 0.6) is 0 Å². The Morgan fingerprint density at radius 1 is 0.688 bits per heavy atom. The number of rotatable bonds is 7. The molecular formula is C14H24P2. The van der Waals surface area contributed by atoms with Crippen LogP contribution in [0.3, 0.4) is 0 Å². The summed E-state index contributed by atoms with van der Waals surface area (Å²) in [5, 5.41) is 0. The van der Waals surface area contributed by atoms with Crippen LogP contribution in [0.25, 0.3) is 0 Å². The summed E-state index contributed by atoms with van der Waals surface area (Å²) in [5.41, 5.74) is 6.47. The first-order valence-electron chi connectivity index (χ1n) is 6.37. The molecule has 0 rings (SSSR count). The molecule has 90 valence electrons. The van der Waals surface area contributed by atoms with E-state index in [1.165, 1.54) is 38.5 Å². The maximum absolute atomic E-state index is 3.23. The van der Waals surface area contributed by atoms with E-state index in [9.17, 15) is 0 Å². The van der Waals surface area contributed by atoms with E-state index in [2.05, 4.69) is 37.0 Å². The van der Waals surface area contributed by atoms with Crippen molar-refractivity contribution in [2.75, 3.05) is 0 Å². The van der Waals surface area contributed by atoms with E-state index in [0.717, 1.165) is 29.4 Å². The molecule has 0 radical (unpaired) electrons. The van der Waals surface area contributed by atoms with Crippen LogP contribution >= 0.6 is 16.5 Å². The lowest BCUT2D eigenvalue weighted by molar-refractivity contribution is 0.737. The van der Waals surface area contributed by atoms with Crippen molar-refractivity contribution in [1.29, 1.82) is 0 Å². The van der Waals surface area contributed by atoms with E-state index in [-0.39, 0.29) is 0 Å². The zero-order valence-corrected chi connectivity index (χ0v) is 12.7. The van der Waals surface area contributed by atoms with Gasteiger partial charge in [-0.1, -0.05) is 62.7 Å². The Balaban J connectivity index is 3.24. The van der Waals surface area contributed by atoms with Crippen LogP contribution in [0.1, 0.15) is 65.2 Å². The van der Waals surface area contributed by atoms with Crippen molar-refractivity contribution in [1.82, 2.24) is 0 Å². The molecule has 16 heavy (non-hydrogen) atoms. The highest BCUT2D eigenvalue weighted by molar-refractivity contribution is 8.16. The van der Waals surface area contributed by atoms with Crippen LogP contribution in [-0.2, 0) is 0 Å². The van der Waals surface area contributed by atoms with E-state index in [1.54, 1.807) is 0 Å². The summed E-state index contributed by atoms with van der Waals surface area (Å²) in [5.74, 6) is 6.47. The Hall–Kier alpha value is -0.0200. The van der Waals surface area contributed by atoms with Crippen molar-refractivity contribution in [3.63, 3.8) is 0 Å². The van der Waals surface area contributed by atoms with Crippen LogP contribution in [0.15, 0.2) is 0 Å².